The highest BCUT2D eigenvalue weighted by molar-refractivity contribution is 5.36. The van der Waals surface area contributed by atoms with E-state index in [0.29, 0.717) is 12.3 Å². The molecule has 2 unspecified atom stereocenters. The van der Waals surface area contributed by atoms with Crippen LogP contribution in [0.4, 0.5) is 0 Å². The summed E-state index contributed by atoms with van der Waals surface area (Å²) in [5.74, 6) is 0.678. The molecular formula is C24H36O6. The van der Waals surface area contributed by atoms with E-state index >= 15 is 0 Å². The van der Waals surface area contributed by atoms with E-state index in [9.17, 15) is 15.3 Å². The van der Waals surface area contributed by atoms with E-state index in [4.69, 9.17) is 14.2 Å². The van der Waals surface area contributed by atoms with Gasteiger partial charge in [-0.3, -0.25) is 0 Å². The smallest absolute Gasteiger partial charge is 0.187 e. The quantitative estimate of drug-likeness (QED) is 0.594. The van der Waals surface area contributed by atoms with Crippen LogP contribution in [0.25, 0.3) is 0 Å². The summed E-state index contributed by atoms with van der Waals surface area (Å²) in [5.41, 5.74) is 0.681. The Hall–Kier alpha value is -0.760. The molecule has 0 aromatic carbocycles. The predicted octanol–water partition coefficient (Wildman–Crippen LogP) is 2.32. The molecule has 0 amide bonds. The van der Waals surface area contributed by atoms with Crippen LogP contribution in [0.15, 0.2) is 23.3 Å². The molecule has 0 aromatic heterocycles. The number of ether oxygens (including phenoxy) is 3. The molecule has 0 radical (unpaired) electrons. The van der Waals surface area contributed by atoms with Gasteiger partial charge in [-0.1, -0.05) is 38.5 Å². The van der Waals surface area contributed by atoms with Crippen LogP contribution in [-0.4, -0.2) is 64.8 Å². The molecule has 5 rings (SSSR count). The van der Waals surface area contributed by atoms with Gasteiger partial charge in [-0.2, -0.15) is 0 Å². The van der Waals surface area contributed by atoms with Gasteiger partial charge >= 0.3 is 0 Å². The highest BCUT2D eigenvalue weighted by atomic mass is 16.7. The van der Waals surface area contributed by atoms with E-state index in [0.717, 1.165) is 31.4 Å². The molecule has 3 N–H and O–H groups in total. The first-order valence-electron chi connectivity index (χ1n) is 11.4. The normalized spacial score (nSPS) is 50.4. The molecule has 2 saturated heterocycles. The highest BCUT2D eigenvalue weighted by Crippen LogP contribution is 2.61. The molecule has 2 heterocycles. The zero-order valence-electron chi connectivity index (χ0n) is 18.5. The maximum Gasteiger partial charge on any atom is 0.187 e. The third-order valence-corrected chi connectivity index (χ3v) is 9.11. The minimum absolute atomic E-state index is 0.137. The van der Waals surface area contributed by atoms with Crippen LogP contribution in [0.2, 0.25) is 0 Å². The topological polar surface area (TPSA) is 88.4 Å². The summed E-state index contributed by atoms with van der Waals surface area (Å²) in [6.45, 7) is 8.96. The average Bonchev–Trinajstić information content (AvgIpc) is 3.08. The van der Waals surface area contributed by atoms with E-state index in [-0.39, 0.29) is 29.6 Å². The van der Waals surface area contributed by atoms with E-state index in [1.54, 1.807) is 0 Å². The molecule has 3 fully saturated rings. The Morgan fingerprint density at radius 2 is 2.00 bits per heavy atom. The van der Waals surface area contributed by atoms with Crippen LogP contribution in [0.1, 0.15) is 53.4 Å². The van der Waals surface area contributed by atoms with Crippen LogP contribution < -0.4 is 0 Å². The second-order valence-corrected chi connectivity index (χ2v) is 11.0. The van der Waals surface area contributed by atoms with Crippen LogP contribution in [0.3, 0.4) is 0 Å². The molecule has 2 aliphatic heterocycles. The van der Waals surface area contributed by atoms with Crippen molar-refractivity contribution in [1.82, 2.24) is 0 Å². The van der Waals surface area contributed by atoms with Crippen molar-refractivity contribution in [3.8, 4) is 0 Å². The third kappa shape index (κ3) is 2.77. The number of hydrogen-bond acceptors (Lipinski definition) is 6. The first-order valence-corrected chi connectivity index (χ1v) is 11.4. The van der Waals surface area contributed by atoms with Crippen molar-refractivity contribution in [2.75, 3.05) is 13.2 Å². The maximum absolute atomic E-state index is 12.0. The van der Waals surface area contributed by atoms with Gasteiger partial charge in [-0.05, 0) is 44.1 Å². The van der Waals surface area contributed by atoms with Crippen molar-refractivity contribution >= 4 is 0 Å². The summed E-state index contributed by atoms with van der Waals surface area (Å²) >= 11 is 0. The van der Waals surface area contributed by atoms with Gasteiger partial charge < -0.3 is 29.5 Å². The number of aliphatic hydroxyl groups excluding tert-OH is 2. The predicted molar refractivity (Wildman–Crippen MR) is 110 cm³/mol. The molecule has 3 aliphatic carbocycles. The molecular weight excluding hydrogens is 384 g/mol. The number of rotatable bonds is 2. The Morgan fingerprint density at radius 3 is 2.67 bits per heavy atom. The fraction of sp³-hybridized carbons (Fsp3) is 0.833. The SMILES string of the molecule is CC1=C2[C@H]3O[C@@H](C(O)CO)O[C@H]3[C@]3(C)C=C[C@H]4OC[C@H]4CC3C[C@](O)(CC1)C2(C)C. The van der Waals surface area contributed by atoms with Crippen molar-refractivity contribution in [3.05, 3.63) is 23.3 Å². The first kappa shape index (κ1) is 21.1. The van der Waals surface area contributed by atoms with E-state index in [2.05, 4.69) is 39.8 Å². The maximum atomic E-state index is 12.0. The standard InChI is InChI=1S/C24H36O6/c1-13-5-8-24(27)10-15-9-14-12-28-17(14)6-7-23(15,4)20-19(18(13)22(24,2)3)29-21(30-20)16(26)11-25/h6-7,14-17,19-21,25-27H,5,8-12H2,1-4H3/t14-,15?,16?,17-,19-,20-,21-,23-,24-/m1/s1. The number of allylic oxidation sites excluding steroid dienone is 1. The van der Waals surface area contributed by atoms with Gasteiger partial charge in [-0.15, -0.1) is 0 Å². The van der Waals surface area contributed by atoms with Gasteiger partial charge in [0.25, 0.3) is 0 Å². The lowest BCUT2D eigenvalue weighted by atomic mass is 9.52. The van der Waals surface area contributed by atoms with E-state index < -0.39 is 30.0 Å². The van der Waals surface area contributed by atoms with Gasteiger partial charge in [0.1, 0.15) is 12.2 Å². The monoisotopic (exact) mass is 420 g/mol. The van der Waals surface area contributed by atoms with Crippen molar-refractivity contribution in [2.45, 2.75) is 89.7 Å². The molecule has 1 saturated carbocycles. The molecule has 168 valence electrons. The molecule has 2 bridgehead atoms. The second kappa shape index (κ2) is 6.87. The van der Waals surface area contributed by atoms with E-state index in [1.165, 1.54) is 5.57 Å². The molecule has 6 heteroatoms. The third-order valence-electron chi connectivity index (χ3n) is 9.11. The molecule has 9 atom stereocenters. The van der Waals surface area contributed by atoms with Crippen LogP contribution in [0.5, 0.6) is 0 Å². The fourth-order valence-corrected chi connectivity index (χ4v) is 6.86. The number of aliphatic hydroxyl groups is 3. The lowest BCUT2D eigenvalue weighted by molar-refractivity contribution is -0.158. The first-order chi connectivity index (χ1) is 14.1. The molecule has 0 aromatic rings. The fourth-order valence-electron chi connectivity index (χ4n) is 6.86. The largest absolute Gasteiger partial charge is 0.393 e. The number of hydrogen-bond donors (Lipinski definition) is 3. The Morgan fingerprint density at radius 1 is 1.23 bits per heavy atom. The average molecular weight is 421 g/mol. The van der Waals surface area contributed by atoms with Crippen LogP contribution >= 0.6 is 0 Å². The molecule has 0 spiro atoms. The molecule has 5 aliphatic rings. The van der Waals surface area contributed by atoms with Crippen LogP contribution in [-0.2, 0) is 14.2 Å². The van der Waals surface area contributed by atoms with Gasteiger partial charge in [0.05, 0.1) is 31.0 Å². The molecule has 6 nitrogen and oxygen atoms in total. The lowest BCUT2D eigenvalue weighted by Gasteiger charge is -2.57. The van der Waals surface area contributed by atoms with Crippen LogP contribution in [0, 0.1) is 22.7 Å². The summed E-state index contributed by atoms with van der Waals surface area (Å²) in [4.78, 5) is 0. The van der Waals surface area contributed by atoms with Crippen molar-refractivity contribution in [1.29, 1.82) is 0 Å². The Bertz CT molecular complexity index is 774. The van der Waals surface area contributed by atoms with Crippen molar-refractivity contribution in [2.24, 2.45) is 22.7 Å². The highest BCUT2D eigenvalue weighted by Gasteiger charge is 2.63. The Labute approximate surface area is 178 Å². The van der Waals surface area contributed by atoms with Crippen molar-refractivity contribution in [3.63, 3.8) is 0 Å². The summed E-state index contributed by atoms with van der Waals surface area (Å²) in [6, 6.07) is 0. The minimum Gasteiger partial charge on any atom is -0.393 e. The van der Waals surface area contributed by atoms with Gasteiger partial charge in [-0.25, -0.2) is 0 Å². The molecule has 30 heavy (non-hydrogen) atoms. The second-order valence-electron chi connectivity index (χ2n) is 11.0. The minimum atomic E-state index is -1.10. The van der Waals surface area contributed by atoms with Gasteiger partial charge in [0.2, 0.25) is 0 Å². The van der Waals surface area contributed by atoms with Gasteiger partial charge in [0, 0.05) is 16.7 Å². The summed E-state index contributed by atoms with van der Waals surface area (Å²) in [7, 11) is 0. The zero-order chi connectivity index (χ0) is 21.5. The van der Waals surface area contributed by atoms with Gasteiger partial charge in [0.15, 0.2) is 6.29 Å². The summed E-state index contributed by atoms with van der Waals surface area (Å²) in [6.07, 6.45) is 5.16. The summed E-state index contributed by atoms with van der Waals surface area (Å²) in [5, 5.41) is 31.9. The van der Waals surface area contributed by atoms with E-state index in [1.807, 2.05) is 0 Å². The zero-order valence-corrected chi connectivity index (χ0v) is 18.5. The Balaban J connectivity index is 1.66. The van der Waals surface area contributed by atoms with Crippen molar-refractivity contribution < 1.29 is 29.5 Å². The lowest BCUT2D eigenvalue weighted by Crippen LogP contribution is -2.59. The number of fused-ring (bicyclic) bond motifs is 7. The Kier molecular flexibility index (Phi) is 4.83. The summed E-state index contributed by atoms with van der Waals surface area (Å²) < 4.78 is 18.5.